The number of benzene rings is 1. The maximum atomic E-state index is 12.3. The molecule has 33 heavy (non-hydrogen) atoms. The molecule has 2 aliphatic heterocycles. The Balaban J connectivity index is 0.000000190. The Hall–Kier alpha value is -2.24. The van der Waals surface area contributed by atoms with E-state index >= 15 is 0 Å². The van der Waals surface area contributed by atoms with E-state index in [1.54, 1.807) is 11.8 Å². The lowest BCUT2D eigenvalue weighted by Crippen LogP contribution is -2.19. The number of nitrogens with one attached hydrogen (secondary N) is 1. The zero-order valence-electron chi connectivity index (χ0n) is 18.1. The van der Waals surface area contributed by atoms with Crippen LogP contribution in [0.2, 0.25) is 5.02 Å². The number of carbonyl (C=O) groups is 1. The first-order valence-electron chi connectivity index (χ1n) is 10.3. The van der Waals surface area contributed by atoms with E-state index in [9.17, 15) is 18.0 Å². The van der Waals surface area contributed by atoms with E-state index in [2.05, 4.69) is 42.8 Å². The van der Waals surface area contributed by atoms with Gasteiger partial charge in [-0.25, -0.2) is 0 Å². The Labute approximate surface area is 199 Å². The van der Waals surface area contributed by atoms with Crippen LogP contribution in [0.5, 0.6) is 0 Å². The van der Waals surface area contributed by atoms with E-state index in [-0.39, 0.29) is 23.7 Å². The standard InChI is InChI=1S/C12H19N5S.C9H6ClF3O2/c1-16-4-2-5-17-11(9-16)7-10(15-17)8-14-12-13-3-6-18-12;10-8-2-6(4-15-5-14)1-7(3-8)9(11,12)13/h7H,2-6,8-9H2,1H3,(H,13,14);1-3,5H,4H2. The van der Waals surface area contributed by atoms with Crippen molar-refractivity contribution in [2.75, 3.05) is 25.9 Å². The van der Waals surface area contributed by atoms with Gasteiger partial charge in [0.1, 0.15) is 6.61 Å². The molecule has 2 aromatic rings. The number of hydrogen-bond donors (Lipinski definition) is 1. The number of thioether (sulfide) groups is 1. The number of alkyl halides is 3. The molecular weight excluding hydrogens is 479 g/mol. The summed E-state index contributed by atoms with van der Waals surface area (Å²) >= 11 is 7.29. The second kappa shape index (κ2) is 11.8. The fourth-order valence-corrected chi connectivity index (χ4v) is 4.39. The smallest absolute Gasteiger partial charge is 0.416 e. The molecule has 0 spiro atoms. The highest BCUT2D eigenvalue weighted by atomic mass is 35.5. The Morgan fingerprint density at radius 2 is 2.09 bits per heavy atom. The molecule has 0 atom stereocenters. The van der Waals surface area contributed by atoms with Crippen LogP contribution >= 0.6 is 23.4 Å². The summed E-state index contributed by atoms with van der Waals surface area (Å²) < 4.78 is 43.4. The van der Waals surface area contributed by atoms with Crippen molar-refractivity contribution in [2.24, 2.45) is 4.99 Å². The SMILES string of the molecule is CN1CCCn2nc(CNC3=NCCS3)cc2C1.O=COCc1cc(Cl)cc(C(F)(F)F)c1. The third kappa shape index (κ3) is 7.94. The molecular formula is C21H25ClF3N5O2S. The number of rotatable bonds is 5. The van der Waals surface area contributed by atoms with Crippen LogP contribution in [0.25, 0.3) is 0 Å². The fourth-order valence-electron chi connectivity index (χ4n) is 3.40. The van der Waals surface area contributed by atoms with Gasteiger partial charge in [-0.3, -0.25) is 14.5 Å². The monoisotopic (exact) mass is 503 g/mol. The number of amidine groups is 1. The molecule has 0 saturated heterocycles. The van der Waals surface area contributed by atoms with Gasteiger partial charge in [0.25, 0.3) is 6.47 Å². The maximum absolute atomic E-state index is 12.3. The number of nitrogens with zero attached hydrogens (tertiary/aromatic N) is 4. The van der Waals surface area contributed by atoms with E-state index in [0.29, 0.717) is 0 Å². The van der Waals surface area contributed by atoms with E-state index in [0.717, 1.165) is 61.5 Å². The molecule has 2 aliphatic rings. The van der Waals surface area contributed by atoms with Gasteiger partial charge in [0.2, 0.25) is 0 Å². The van der Waals surface area contributed by atoms with Crippen molar-refractivity contribution in [1.82, 2.24) is 20.0 Å². The fraction of sp³-hybridized carbons (Fsp3) is 0.476. The number of aliphatic imine (C=N–C) groups is 1. The Bertz CT molecular complexity index is 983. The molecule has 0 radical (unpaired) electrons. The molecule has 1 aromatic carbocycles. The van der Waals surface area contributed by atoms with Crippen molar-refractivity contribution in [3.63, 3.8) is 0 Å². The van der Waals surface area contributed by atoms with Gasteiger partial charge in [-0.05, 0) is 43.3 Å². The van der Waals surface area contributed by atoms with Crippen molar-refractivity contribution in [3.05, 3.63) is 51.8 Å². The van der Waals surface area contributed by atoms with Crippen molar-refractivity contribution in [2.45, 2.75) is 38.8 Å². The minimum atomic E-state index is -4.46. The molecule has 0 bridgehead atoms. The molecule has 1 N–H and O–H groups in total. The predicted octanol–water partition coefficient (Wildman–Crippen LogP) is 3.94. The number of carbonyl (C=O) groups excluding carboxylic acids is 1. The van der Waals surface area contributed by atoms with Gasteiger partial charge in [-0.2, -0.15) is 18.3 Å². The molecule has 7 nitrogen and oxygen atoms in total. The van der Waals surface area contributed by atoms with Gasteiger partial charge >= 0.3 is 6.18 Å². The maximum Gasteiger partial charge on any atom is 0.416 e. The van der Waals surface area contributed by atoms with Crippen LogP contribution in [0.15, 0.2) is 29.3 Å². The molecule has 4 rings (SSSR count). The summed E-state index contributed by atoms with van der Waals surface area (Å²) in [4.78, 5) is 16.6. The predicted molar refractivity (Wildman–Crippen MR) is 122 cm³/mol. The van der Waals surface area contributed by atoms with Gasteiger partial charge in [-0.1, -0.05) is 23.4 Å². The Morgan fingerprint density at radius 3 is 2.79 bits per heavy atom. The van der Waals surface area contributed by atoms with Crippen LogP contribution in [0.4, 0.5) is 13.2 Å². The zero-order chi connectivity index (χ0) is 23.8. The van der Waals surface area contributed by atoms with Crippen LogP contribution in [0.3, 0.4) is 0 Å². The average molecular weight is 504 g/mol. The van der Waals surface area contributed by atoms with Crippen molar-refractivity contribution < 1.29 is 22.7 Å². The number of fused-ring (bicyclic) bond motifs is 1. The van der Waals surface area contributed by atoms with Crippen LogP contribution < -0.4 is 5.32 Å². The van der Waals surface area contributed by atoms with Crippen molar-refractivity contribution in [3.8, 4) is 0 Å². The summed E-state index contributed by atoms with van der Waals surface area (Å²) in [7, 11) is 2.17. The van der Waals surface area contributed by atoms with Crippen LogP contribution in [0.1, 0.15) is 28.9 Å². The minimum absolute atomic E-state index is 0.0469. The van der Waals surface area contributed by atoms with E-state index in [4.69, 9.17) is 11.6 Å². The summed E-state index contributed by atoms with van der Waals surface area (Å²) in [5, 5.41) is 9.04. The summed E-state index contributed by atoms with van der Waals surface area (Å²) in [6.07, 6.45) is -3.28. The molecule has 12 heteroatoms. The van der Waals surface area contributed by atoms with Crippen molar-refractivity contribution in [1.29, 1.82) is 0 Å². The number of ether oxygens (including phenoxy) is 1. The molecule has 0 saturated carbocycles. The lowest BCUT2D eigenvalue weighted by Gasteiger charge is -2.10. The van der Waals surface area contributed by atoms with Gasteiger partial charge in [0.05, 0.1) is 30.0 Å². The second-order valence-electron chi connectivity index (χ2n) is 7.58. The molecule has 180 valence electrons. The van der Waals surface area contributed by atoms with Crippen molar-refractivity contribution >= 4 is 35.0 Å². The number of hydrogen-bond acceptors (Lipinski definition) is 7. The molecule has 0 unspecified atom stereocenters. The van der Waals surface area contributed by atoms with Crippen LogP contribution in [-0.4, -0.2) is 52.2 Å². The Kier molecular flexibility index (Phi) is 9.04. The highest BCUT2D eigenvalue weighted by Gasteiger charge is 2.31. The quantitative estimate of drug-likeness (QED) is 0.623. The van der Waals surface area contributed by atoms with Crippen LogP contribution in [-0.2, 0) is 41.9 Å². The Morgan fingerprint density at radius 1 is 1.27 bits per heavy atom. The van der Waals surface area contributed by atoms with E-state index < -0.39 is 11.7 Å². The highest BCUT2D eigenvalue weighted by molar-refractivity contribution is 8.14. The van der Waals surface area contributed by atoms with Gasteiger partial charge in [0, 0.05) is 30.4 Å². The third-order valence-electron chi connectivity index (χ3n) is 4.86. The summed E-state index contributed by atoms with van der Waals surface area (Å²) in [5.41, 5.74) is 1.78. The van der Waals surface area contributed by atoms with E-state index in [1.165, 1.54) is 18.2 Å². The topological polar surface area (TPSA) is 71.8 Å². The van der Waals surface area contributed by atoms with Crippen LogP contribution in [0, 0.1) is 0 Å². The summed E-state index contributed by atoms with van der Waals surface area (Å²) in [6.45, 7) is 4.86. The summed E-state index contributed by atoms with van der Waals surface area (Å²) in [6, 6.07) is 5.22. The first-order valence-corrected chi connectivity index (χ1v) is 11.7. The van der Waals surface area contributed by atoms with Gasteiger partial charge < -0.3 is 15.0 Å². The molecule has 3 heterocycles. The second-order valence-corrected chi connectivity index (χ2v) is 9.10. The van der Waals surface area contributed by atoms with E-state index in [1.807, 2.05) is 0 Å². The highest BCUT2D eigenvalue weighted by Crippen LogP contribution is 2.32. The normalized spacial score (nSPS) is 16.2. The average Bonchev–Trinajstić information content (AvgIpc) is 3.37. The lowest BCUT2D eigenvalue weighted by molar-refractivity contribution is -0.137. The zero-order valence-corrected chi connectivity index (χ0v) is 19.6. The lowest BCUT2D eigenvalue weighted by atomic mass is 10.1. The largest absolute Gasteiger partial charge is 0.463 e. The molecule has 0 fully saturated rings. The first kappa shape index (κ1) is 25.4. The number of halogens is 4. The number of aromatic nitrogens is 2. The third-order valence-corrected chi connectivity index (χ3v) is 6.02. The van der Waals surface area contributed by atoms with Gasteiger partial charge in [0.15, 0.2) is 5.17 Å². The van der Waals surface area contributed by atoms with Gasteiger partial charge in [-0.15, -0.1) is 0 Å². The minimum Gasteiger partial charge on any atom is -0.463 e. The summed E-state index contributed by atoms with van der Waals surface area (Å²) in [5.74, 6) is 1.10. The first-order chi connectivity index (χ1) is 15.7. The molecule has 1 aromatic heterocycles. The molecule has 0 amide bonds. The molecule has 0 aliphatic carbocycles. The number of aryl methyl sites for hydroxylation is 1.